The van der Waals surface area contributed by atoms with Gasteiger partial charge in [-0.3, -0.25) is 4.98 Å². The minimum Gasteiger partial charge on any atom is -0.436 e. The fourth-order valence-electron chi connectivity index (χ4n) is 1.16. The van der Waals surface area contributed by atoms with Gasteiger partial charge in [0.1, 0.15) is 11.6 Å². The third-order valence-corrected chi connectivity index (χ3v) is 2.86. The first-order valence-corrected chi connectivity index (χ1v) is 5.88. The van der Waals surface area contributed by atoms with Crippen LogP contribution in [0.2, 0.25) is 5.02 Å². The van der Waals surface area contributed by atoms with Crippen LogP contribution in [0.3, 0.4) is 0 Å². The van der Waals surface area contributed by atoms with Crippen LogP contribution in [-0.2, 0) is 0 Å². The Hall–Kier alpha value is -1.44. The molecule has 0 bridgehead atoms. The van der Waals surface area contributed by atoms with Crippen LogP contribution in [0.1, 0.15) is 0 Å². The molecule has 2 aromatic rings. The maximum Gasteiger partial charge on any atom is 0.239 e. The second-order valence-electron chi connectivity index (χ2n) is 3.19. The van der Waals surface area contributed by atoms with Gasteiger partial charge < -0.3 is 10.2 Å². The summed E-state index contributed by atoms with van der Waals surface area (Å²) in [7, 11) is 0. The predicted molar refractivity (Wildman–Crippen MR) is 69.0 cm³/mol. The highest BCUT2D eigenvalue weighted by atomic mass is 79.9. The molecule has 0 aliphatic carbocycles. The van der Waals surface area contributed by atoms with Crippen molar-refractivity contribution in [3.8, 4) is 11.6 Å². The summed E-state index contributed by atoms with van der Waals surface area (Å²) in [6, 6.07) is 2.54. The number of nitrogens with one attached hydrogen (secondary N) is 1. The Morgan fingerprint density at radius 1 is 1.39 bits per heavy atom. The molecule has 0 atom stereocenters. The summed E-state index contributed by atoms with van der Waals surface area (Å²) in [5.41, 5.74) is 2.33. The Bertz CT molecular complexity index is 584. The summed E-state index contributed by atoms with van der Waals surface area (Å²) >= 11 is 8.83. The molecule has 0 amide bonds. The Morgan fingerprint density at radius 3 is 2.89 bits per heavy atom. The van der Waals surface area contributed by atoms with Crippen LogP contribution in [0.4, 0.5) is 10.2 Å². The number of nitrogens with zero attached hydrogens (tertiary/aromatic N) is 2. The van der Waals surface area contributed by atoms with Crippen molar-refractivity contribution in [2.24, 2.45) is 5.84 Å². The normalized spacial score (nSPS) is 10.2. The minimum atomic E-state index is -0.587. The number of aromatic nitrogens is 2. The first kappa shape index (κ1) is 13.0. The lowest BCUT2D eigenvalue weighted by Crippen LogP contribution is -2.09. The van der Waals surface area contributed by atoms with E-state index in [0.717, 1.165) is 6.07 Å². The van der Waals surface area contributed by atoms with E-state index in [1.165, 1.54) is 18.5 Å². The van der Waals surface area contributed by atoms with E-state index in [-0.39, 0.29) is 16.7 Å². The molecule has 0 aliphatic rings. The smallest absolute Gasteiger partial charge is 0.239 e. The number of hydrogen-bond acceptors (Lipinski definition) is 5. The van der Waals surface area contributed by atoms with Gasteiger partial charge in [-0.15, -0.1) is 0 Å². The molecule has 0 saturated heterocycles. The van der Waals surface area contributed by atoms with Crippen molar-refractivity contribution in [3.05, 3.63) is 39.8 Å². The Kier molecular flexibility index (Phi) is 3.95. The maximum atomic E-state index is 13.3. The fourth-order valence-corrected chi connectivity index (χ4v) is 1.88. The zero-order valence-electron chi connectivity index (χ0n) is 8.82. The average molecular weight is 334 g/mol. The number of ether oxygens (including phenoxy) is 1. The van der Waals surface area contributed by atoms with Gasteiger partial charge in [0, 0.05) is 6.07 Å². The number of hydrogen-bond donors (Lipinski definition) is 2. The molecule has 0 unspecified atom stereocenters. The average Bonchev–Trinajstić information content (AvgIpc) is 2.36. The van der Waals surface area contributed by atoms with Gasteiger partial charge in [0.2, 0.25) is 5.88 Å². The van der Waals surface area contributed by atoms with E-state index in [2.05, 4.69) is 31.3 Å². The Balaban J connectivity index is 2.30. The van der Waals surface area contributed by atoms with Crippen molar-refractivity contribution in [3.63, 3.8) is 0 Å². The van der Waals surface area contributed by atoms with Crippen molar-refractivity contribution >= 4 is 33.3 Å². The molecule has 0 saturated carbocycles. The molecule has 0 aliphatic heterocycles. The first-order valence-electron chi connectivity index (χ1n) is 4.71. The van der Waals surface area contributed by atoms with Crippen LogP contribution in [-0.4, -0.2) is 9.97 Å². The first-order chi connectivity index (χ1) is 8.60. The second-order valence-corrected chi connectivity index (χ2v) is 4.45. The number of halogens is 3. The lowest BCUT2D eigenvalue weighted by Gasteiger charge is -2.08. The van der Waals surface area contributed by atoms with Gasteiger partial charge in [-0.1, -0.05) is 11.6 Å². The van der Waals surface area contributed by atoms with Crippen molar-refractivity contribution in [1.82, 2.24) is 9.97 Å². The van der Waals surface area contributed by atoms with E-state index >= 15 is 0 Å². The van der Waals surface area contributed by atoms with E-state index in [4.69, 9.17) is 22.2 Å². The predicted octanol–water partition coefficient (Wildman–Crippen LogP) is 3.11. The number of anilines is 1. The lowest BCUT2D eigenvalue weighted by atomic mass is 10.3. The van der Waals surface area contributed by atoms with Crippen molar-refractivity contribution in [2.75, 3.05) is 5.43 Å². The highest BCUT2D eigenvalue weighted by Crippen LogP contribution is 2.33. The molecule has 2 rings (SSSR count). The van der Waals surface area contributed by atoms with Gasteiger partial charge in [0.15, 0.2) is 5.82 Å². The van der Waals surface area contributed by atoms with Crippen molar-refractivity contribution < 1.29 is 9.13 Å². The summed E-state index contributed by atoms with van der Waals surface area (Å²) in [6.07, 6.45) is 2.80. The zero-order chi connectivity index (χ0) is 13.1. The van der Waals surface area contributed by atoms with Crippen LogP contribution >= 0.6 is 27.5 Å². The molecule has 1 aromatic heterocycles. The molecule has 0 fully saturated rings. The largest absolute Gasteiger partial charge is 0.436 e. The van der Waals surface area contributed by atoms with E-state index in [9.17, 15) is 4.39 Å². The van der Waals surface area contributed by atoms with Crippen LogP contribution in [0.25, 0.3) is 0 Å². The van der Waals surface area contributed by atoms with E-state index < -0.39 is 5.82 Å². The summed E-state index contributed by atoms with van der Waals surface area (Å²) in [6.45, 7) is 0. The molecule has 3 N–H and O–H groups in total. The van der Waals surface area contributed by atoms with Crippen molar-refractivity contribution in [2.45, 2.75) is 0 Å². The van der Waals surface area contributed by atoms with E-state index in [0.29, 0.717) is 10.3 Å². The van der Waals surface area contributed by atoms with Gasteiger partial charge in [-0.25, -0.2) is 10.2 Å². The molecule has 0 radical (unpaired) electrons. The van der Waals surface area contributed by atoms with Gasteiger partial charge in [-0.2, -0.15) is 4.98 Å². The minimum absolute atomic E-state index is 0.00214. The summed E-state index contributed by atoms with van der Waals surface area (Å²) in [5.74, 6) is 5.35. The van der Waals surface area contributed by atoms with Crippen LogP contribution in [0.5, 0.6) is 11.6 Å². The molecule has 94 valence electrons. The van der Waals surface area contributed by atoms with Crippen LogP contribution in [0, 0.1) is 5.82 Å². The lowest BCUT2D eigenvalue weighted by molar-refractivity contribution is 0.453. The molecular formula is C10H7BrClFN4O. The highest BCUT2D eigenvalue weighted by Gasteiger charge is 2.10. The fraction of sp³-hybridized carbons (Fsp3) is 0. The van der Waals surface area contributed by atoms with Gasteiger partial charge >= 0.3 is 0 Å². The Labute approximate surface area is 115 Å². The van der Waals surface area contributed by atoms with E-state index in [1.54, 1.807) is 0 Å². The molecule has 5 nitrogen and oxygen atoms in total. The number of nitrogen functional groups attached to an aromatic ring is 1. The second kappa shape index (κ2) is 5.47. The topological polar surface area (TPSA) is 73.1 Å². The van der Waals surface area contributed by atoms with Crippen LogP contribution < -0.4 is 16.0 Å². The standard InChI is InChI=1S/C10H7BrClFN4O/c11-5-1-6(12)7(13)2-8(5)18-10-4-15-3-9(16-10)17-14/h1-4H,14H2,(H,16,17). The monoisotopic (exact) mass is 332 g/mol. The number of rotatable bonds is 3. The number of nitrogens with two attached hydrogens (primary N) is 1. The molecule has 8 heteroatoms. The van der Waals surface area contributed by atoms with E-state index in [1.807, 2.05) is 0 Å². The molecule has 1 heterocycles. The van der Waals surface area contributed by atoms with Gasteiger partial charge in [0.25, 0.3) is 0 Å². The zero-order valence-corrected chi connectivity index (χ0v) is 11.2. The van der Waals surface area contributed by atoms with Crippen LogP contribution in [0.15, 0.2) is 29.0 Å². The Morgan fingerprint density at radius 2 is 2.17 bits per heavy atom. The molecular weight excluding hydrogens is 326 g/mol. The summed E-state index contributed by atoms with van der Waals surface area (Å²) in [5, 5.41) is -0.00214. The van der Waals surface area contributed by atoms with Gasteiger partial charge in [0.05, 0.1) is 21.9 Å². The third-order valence-electron chi connectivity index (χ3n) is 1.95. The van der Waals surface area contributed by atoms with Crippen molar-refractivity contribution in [1.29, 1.82) is 0 Å². The molecule has 0 spiro atoms. The molecule has 1 aromatic carbocycles. The highest BCUT2D eigenvalue weighted by molar-refractivity contribution is 9.10. The third kappa shape index (κ3) is 2.87. The maximum absolute atomic E-state index is 13.3. The number of hydrazine groups is 1. The van der Waals surface area contributed by atoms with Gasteiger partial charge in [-0.05, 0) is 22.0 Å². The molecule has 18 heavy (non-hydrogen) atoms. The number of benzene rings is 1. The SMILES string of the molecule is NNc1cncc(Oc2cc(F)c(Cl)cc2Br)n1. The quantitative estimate of drug-likeness (QED) is 0.513. The summed E-state index contributed by atoms with van der Waals surface area (Å²) in [4.78, 5) is 7.84. The summed E-state index contributed by atoms with van der Waals surface area (Å²) < 4.78 is 19.2.